The van der Waals surface area contributed by atoms with Crippen LogP contribution < -0.4 is 10.5 Å². The van der Waals surface area contributed by atoms with Crippen LogP contribution in [-0.2, 0) is 16.0 Å². The minimum absolute atomic E-state index is 0.187. The zero-order chi connectivity index (χ0) is 29.6. The smallest absolute Gasteiger partial charge is 0.335 e. The Hall–Kier alpha value is -3.84. The van der Waals surface area contributed by atoms with Gasteiger partial charge in [0.1, 0.15) is 22.5 Å². The summed E-state index contributed by atoms with van der Waals surface area (Å²) in [6.07, 6.45) is 4.02. The van der Waals surface area contributed by atoms with Crippen molar-refractivity contribution in [1.29, 1.82) is 0 Å². The number of nitrogens with zero attached hydrogens (tertiary/aromatic N) is 4. The van der Waals surface area contributed by atoms with Gasteiger partial charge in [0.2, 0.25) is 0 Å². The second-order valence-electron chi connectivity index (χ2n) is 9.90. The summed E-state index contributed by atoms with van der Waals surface area (Å²) in [6.45, 7) is 6.65. The maximum Gasteiger partial charge on any atom is 0.335 e. The molecule has 0 atom stereocenters. The summed E-state index contributed by atoms with van der Waals surface area (Å²) >= 11 is 6.80. The quantitative estimate of drug-likeness (QED) is 0.258. The molecule has 218 valence electrons. The molecule has 12 heteroatoms. The van der Waals surface area contributed by atoms with Crippen LogP contribution in [0.2, 0.25) is 0 Å². The Morgan fingerprint density at radius 2 is 1.95 bits per heavy atom. The zero-order valence-electron chi connectivity index (χ0n) is 23.1. The lowest BCUT2D eigenvalue weighted by Crippen LogP contribution is -2.38. The number of nitrogen functional groups attached to an aromatic ring is 1. The standard InChI is InChI=1S/C30H31N5O5S2/c1-19-18-32-27(33-26(19)31)22-6-7-24(40-15-12-34-10-13-39-14-11-34)23(16-22)17-25-28(36)35(30(41)42-25)9-8-20-2-4-21(5-3-20)29(37)38/h2-7,16-18H,8-15H2,1H3,(H,37,38)(H2,31,32,33)/b25-17-. The number of benzene rings is 2. The number of aryl methyl sites for hydroxylation is 1. The van der Waals surface area contributed by atoms with E-state index in [-0.39, 0.29) is 11.5 Å². The number of rotatable bonds is 10. The molecule has 10 nitrogen and oxygen atoms in total. The van der Waals surface area contributed by atoms with Crippen LogP contribution in [0, 0.1) is 6.92 Å². The van der Waals surface area contributed by atoms with E-state index in [1.54, 1.807) is 41.4 Å². The number of hydrogen-bond acceptors (Lipinski definition) is 10. The Bertz CT molecular complexity index is 1520. The van der Waals surface area contributed by atoms with Crippen molar-refractivity contribution in [2.45, 2.75) is 13.3 Å². The van der Waals surface area contributed by atoms with E-state index in [0.717, 1.165) is 49.5 Å². The van der Waals surface area contributed by atoms with Crippen LogP contribution in [0.25, 0.3) is 17.5 Å². The summed E-state index contributed by atoms with van der Waals surface area (Å²) in [4.78, 5) is 37.8. The predicted octanol–water partition coefficient (Wildman–Crippen LogP) is 3.89. The van der Waals surface area contributed by atoms with E-state index in [1.807, 2.05) is 25.1 Å². The normalized spacial score (nSPS) is 16.8. The molecule has 0 aliphatic carbocycles. The monoisotopic (exact) mass is 605 g/mol. The summed E-state index contributed by atoms with van der Waals surface area (Å²) < 4.78 is 12.1. The van der Waals surface area contributed by atoms with Crippen LogP contribution >= 0.6 is 24.0 Å². The third-order valence-electron chi connectivity index (χ3n) is 7.03. The molecule has 0 bridgehead atoms. The van der Waals surface area contributed by atoms with Crippen molar-refractivity contribution < 1.29 is 24.2 Å². The van der Waals surface area contributed by atoms with Crippen LogP contribution in [-0.4, -0.2) is 87.1 Å². The molecule has 5 rings (SSSR count). The highest BCUT2D eigenvalue weighted by atomic mass is 32.2. The summed E-state index contributed by atoms with van der Waals surface area (Å²) in [5.41, 5.74) is 9.42. The fourth-order valence-electron chi connectivity index (χ4n) is 4.52. The first-order valence-electron chi connectivity index (χ1n) is 13.5. The van der Waals surface area contributed by atoms with Gasteiger partial charge < -0.3 is 20.3 Å². The lowest BCUT2D eigenvalue weighted by molar-refractivity contribution is -0.122. The van der Waals surface area contributed by atoms with Crippen molar-refractivity contribution in [2.24, 2.45) is 0 Å². The zero-order valence-corrected chi connectivity index (χ0v) is 24.7. The van der Waals surface area contributed by atoms with Gasteiger partial charge in [-0.3, -0.25) is 14.6 Å². The Labute approximate surface area is 253 Å². The number of thioether (sulfide) groups is 1. The lowest BCUT2D eigenvalue weighted by atomic mass is 10.1. The van der Waals surface area contributed by atoms with E-state index >= 15 is 0 Å². The van der Waals surface area contributed by atoms with Crippen LogP contribution in [0.3, 0.4) is 0 Å². The number of carboxylic acids is 1. The number of amides is 1. The number of morpholine rings is 1. The van der Waals surface area contributed by atoms with Gasteiger partial charge in [-0.05, 0) is 55.3 Å². The van der Waals surface area contributed by atoms with Crippen molar-refractivity contribution in [2.75, 3.05) is 51.7 Å². The van der Waals surface area contributed by atoms with Gasteiger partial charge in [-0.15, -0.1) is 0 Å². The lowest BCUT2D eigenvalue weighted by Gasteiger charge is -2.26. The molecule has 3 aromatic rings. The van der Waals surface area contributed by atoms with Gasteiger partial charge in [-0.2, -0.15) is 0 Å². The fourth-order valence-corrected chi connectivity index (χ4v) is 5.82. The number of carboxylic acid groups (broad SMARTS) is 1. The number of carbonyl (C=O) groups excluding carboxylic acids is 1. The number of thiocarbonyl (C=S) groups is 1. The van der Waals surface area contributed by atoms with Crippen LogP contribution in [0.5, 0.6) is 5.75 Å². The first-order chi connectivity index (χ1) is 20.3. The number of anilines is 1. The Balaban J connectivity index is 1.35. The van der Waals surface area contributed by atoms with Crippen molar-refractivity contribution in [3.8, 4) is 17.1 Å². The van der Waals surface area contributed by atoms with Gasteiger partial charge >= 0.3 is 5.97 Å². The molecule has 2 fully saturated rings. The van der Waals surface area contributed by atoms with Gasteiger partial charge in [-0.25, -0.2) is 14.8 Å². The second kappa shape index (κ2) is 13.4. The first kappa shape index (κ1) is 29.6. The molecule has 2 aliphatic heterocycles. The van der Waals surface area contributed by atoms with Crippen molar-refractivity contribution in [1.82, 2.24) is 19.8 Å². The average molecular weight is 606 g/mol. The maximum absolute atomic E-state index is 13.4. The number of carbonyl (C=O) groups is 2. The highest BCUT2D eigenvalue weighted by Gasteiger charge is 2.32. The second-order valence-corrected chi connectivity index (χ2v) is 11.6. The number of ether oxygens (including phenoxy) is 2. The van der Waals surface area contributed by atoms with Crippen LogP contribution in [0.15, 0.2) is 53.6 Å². The first-order valence-corrected chi connectivity index (χ1v) is 14.7. The van der Waals surface area contributed by atoms with Gasteiger partial charge in [-0.1, -0.05) is 36.1 Å². The van der Waals surface area contributed by atoms with Crippen LogP contribution in [0.4, 0.5) is 5.82 Å². The number of hydrogen-bond donors (Lipinski definition) is 2. The molecule has 2 aromatic carbocycles. The molecule has 1 amide bonds. The minimum atomic E-state index is -0.977. The number of aromatic carboxylic acids is 1. The Morgan fingerprint density at radius 3 is 2.67 bits per heavy atom. The van der Waals surface area contributed by atoms with Crippen LogP contribution in [0.1, 0.15) is 27.0 Å². The molecule has 0 saturated carbocycles. The molecular weight excluding hydrogens is 574 g/mol. The summed E-state index contributed by atoms with van der Waals surface area (Å²) in [7, 11) is 0. The van der Waals surface area contributed by atoms with E-state index in [2.05, 4.69) is 14.9 Å². The summed E-state index contributed by atoms with van der Waals surface area (Å²) in [5.74, 6) is 0.359. The van der Waals surface area contributed by atoms with E-state index < -0.39 is 5.97 Å². The van der Waals surface area contributed by atoms with Crippen molar-refractivity contribution in [3.05, 3.63) is 75.8 Å². The summed E-state index contributed by atoms with van der Waals surface area (Å²) in [6, 6.07) is 12.3. The van der Waals surface area contributed by atoms with Gasteiger partial charge in [0.25, 0.3) is 5.91 Å². The molecule has 0 unspecified atom stereocenters. The number of nitrogens with two attached hydrogens (primary N) is 1. The molecular formula is C30H31N5O5S2. The highest BCUT2D eigenvalue weighted by molar-refractivity contribution is 8.26. The third-order valence-corrected chi connectivity index (χ3v) is 8.41. The Morgan fingerprint density at radius 1 is 1.19 bits per heavy atom. The van der Waals surface area contributed by atoms with E-state index in [0.29, 0.717) is 51.8 Å². The minimum Gasteiger partial charge on any atom is -0.492 e. The third kappa shape index (κ3) is 7.13. The highest BCUT2D eigenvalue weighted by Crippen LogP contribution is 2.35. The topological polar surface area (TPSA) is 131 Å². The molecule has 2 saturated heterocycles. The number of aromatic nitrogens is 2. The molecule has 1 aromatic heterocycles. The van der Waals surface area contributed by atoms with Gasteiger partial charge in [0.05, 0.1) is 23.7 Å². The Kier molecular flexibility index (Phi) is 9.48. The van der Waals surface area contributed by atoms with E-state index in [4.69, 9.17) is 32.5 Å². The molecule has 3 N–H and O–H groups in total. The summed E-state index contributed by atoms with van der Waals surface area (Å²) in [5, 5.41) is 9.12. The molecule has 42 heavy (non-hydrogen) atoms. The average Bonchev–Trinajstić information content (AvgIpc) is 3.26. The SMILES string of the molecule is Cc1cnc(-c2ccc(OCCN3CCOCC3)c(/C=C3\SC(=S)N(CCc4ccc(C(=O)O)cc4)C3=O)c2)nc1N. The molecule has 2 aliphatic rings. The molecule has 0 spiro atoms. The fraction of sp³-hybridized carbons (Fsp3) is 0.300. The largest absolute Gasteiger partial charge is 0.492 e. The molecule has 3 heterocycles. The maximum atomic E-state index is 13.4. The molecule has 0 radical (unpaired) electrons. The van der Waals surface area contributed by atoms with E-state index in [1.165, 1.54) is 11.8 Å². The van der Waals surface area contributed by atoms with Gasteiger partial charge in [0.15, 0.2) is 5.82 Å². The van der Waals surface area contributed by atoms with Gasteiger partial charge in [0, 0.05) is 49.1 Å². The van der Waals surface area contributed by atoms with Crippen molar-refractivity contribution >= 4 is 52.1 Å². The van der Waals surface area contributed by atoms with Crippen molar-refractivity contribution in [3.63, 3.8) is 0 Å². The predicted molar refractivity (Wildman–Crippen MR) is 166 cm³/mol. The van der Waals surface area contributed by atoms with E-state index in [9.17, 15) is 9.59 Å².